The summed E-state index contributed by atoms with van der Waals surface area (Å²) in [7, 11) is 0. The van der Waals surface area contributed by atoms with Crippen molar-refractivity contribution >= 4 is 15.9 Å². The highest BCUT2D eigenvalue weighted by Gasteiger charge is 2.13. The first-order valence-corrected chi connectivity index (χ1v) is 5.09. The summed E-state index contributed by atoms with van der Waals surface area (Å²) in [6, 6.07) is 2.04. The fraction of sp³-hybridized carbons (Fsp3) is 0.556. The van der Waals surface area contributed by atoms with Crippen LogP contribution in [0.15, 0.2) is 21.2 Å². The molecule has 1 fully saturated rings. The van der Waals surface area contributed by atoms with Crippen molar-refractivity contribution in [3.63, 3.8) is 0 Å². The molecule has 2 rings (SSSR count). The van der Waals surface area contributed by atoms with Crippen LogP contribution in [0.3, 0.4) is 0 Å². The Bertz CT molecular complexity index is 253. The average molecular weight is 230 g/mol. The number of nitrogens with zero attached hydrogens (tertiary/aromatic N) is 1. The molecule has 0 unspecified atom stereocenters. The molecule has 0 saturated carbocycles. The Hall–Kier alpha value is -0.280. The number of hydrogen-bond donors (Lipinski definition) is 0. The molecule has 0 bridgehead atoms. The van der Waals surface area contributed by atoms with Crippen LogP contribution in [0.4, 0.5) is 0 Å². The van der Waals surface area contributed by atoms with Crippen LogP contribution in [0.25, 0.3) is 0 Å². The van der Waals surface area contributed by atoms with Gasteiger partial charge in [0.25, 0.3) is 0 Å². The van der Waals surface area contributed by atoms with Gasteiger partial charge in [0.2, 0.25) is 0 Å². The van der Waals surface area contributed by atoms with Crippen molar-refractivity contribution in [1.29, 1.82) is 0 Å². The SMILES string of the molecule is Brc1coc(CN2CCCC2)c1. The van der Waals surface area contributed by atoms with Gasteiger partial charge in [0.15, 0.2) is 0 Å². The predicted octanol–water partition coefficient (Wildman–Crippen LogP) is 2.64. The lowest BCUT2D eigenvalue weighted by Gasteiger charge is -2.11. The Morgan fingerprint density at radius 2 is 2.17 bits per heavy atom. The second-order valence-corrected chi connectivity index (χ2v) is 4.13. The van der Waals surface area contributed by atoms with E-state index in [1.54, 1.807) is 6.26 Å². The highest BCUT2D eigenvalue weighted by atomic mass is 79.9. The van der Waals surface area contributed by atoms with Gasteiger partial charge in [-0.25, -0.2) is 0 Å². The van der Waals surface area contributed by atoms with Crippen molar-refractivity contribution < 1.29 is 4.42 Å². The molecule has 2 heterocycles. The van der Waals surface area contributed by atoms with Crippen LogP contribution in [-0.4, -0.2) is 18.0 Å². The van der Waals surface area contributed by atoms with Gasteiger partial charge in [-0.3, -0.25) is 4.90 Å². The summed E-state index contributed by atoms with van der Waals surface area (Å²) >= 11 is 3.37. The molecule has 2 nitrogen and oxygen atoms in total. The molecule has 0 spiro atoms. The van der Waals surface area contributed by atoms with E-state index in [9.17, 15) is 0 Å². The van der Waals surface area contributed by atoms with Gasteiger partial charge in [0, 0.05) is 0 Å². The predicted molar refractivity (Wildman–Crippen MR) is 50.9 cm³/mol. The van der Waals surface area contributed by atoms with Gasteiger partial charge in [-0.2, -0.15) is 0 Å². The van der Waals surface area contributed by atoms with Crippen molar-refractivity contribution in [1.82, 2.24) is 4.90 Å². The lowest BCUT2D eigenvalue weighted by Crippen LogP contribution is -2.17. The molecule has 1 aliphatic rings. The zero-order chi connectivity index (χ0) is 8.39. The number of rotatable bonds is 2. The van der Waals surface area contributed by atoms with Crippen LogP contribution < -0.4 is 0 Å². The highest BCUT2D eigenvalue weighted by Crippen LogP contribution is 2.17. The number of hydrogen-bond acceptors (Lipinski definition) is 2. The van der Waals surface area contributed by atoms with Gasteiger partial charge in [-0.1, -0.05) is 0 Å². The van der Waals surface area contributed by atoms with E-state index in [4.69, 9.17) is 4.42 Å². The Morgan fingerprint density at radius 3 is 2.75 bits per heavy atom. The molecular formula is C9H12BrNO. The summed E-state index contributed by atoms with van der Waals surface area (Å²) in [5.74, 6) is 1.06. The summed E-state index contributed by atoms with van der Waals surface area (Å²) in [6.07, 6.45) is 4.41. The van der Waals surface area contributed by atoms with E-state index in [2.05, 4.69) is 20.8 Å². The summed E-state index contributed by atoms with van der Waals surface area (Å²) < 4.78 is 6.38. The van der Waals surface area contributed by atoms with E-state index in [1.807, 2.05) is 6.07 Å². The van der Waals surface area contributed by atoms with Crippen LogP contribution in [0.1, 0.15) is 18.6 Å². The molecule has 0 N–H and O–H groups in total. The molecule has 1 saturated heterocycles. The molecule has 0 amide bonds. The van der Waals surface area contributed by atoms with Gasteiger partial charge in [0.1, 0.15) is 12.0 Å². The van der Waals surface area contributed by atoms with E-state index < -0.39 is 0 Å². The molecule has 1 aliphatic heterocycles. The smallest absolute Gasteiger partial charge is 0.118 e. The van der Waals surface area contributed by atoms with Crippen molar-refractivity contribution in [2.45, 2.75) is 19.4 Å². The maximum Gasteiger partial charge on any atom is 0.118 e. The summed E-state index contributed by atoms with van der Waals surface area (Å²) in [6.45, 7) is 3.40. The fourth-order valence-electron chi connectivity index (χ4n) is 1.60. The summed E-state index contributed by atoms with van der Waals surface area (Å²) in [4.78, 5) is 2.42. The van der Waals surface area contributed by atoms with Gasteiger partial charge >= 0.3 is 0 Å². The Kier molecular flexibility index (Phi) is 2.51. The first-order valence-electron chi connectivity index (χ1n) is 4.30. The van der Waals surface area contributed by atoms with Gasteiger partial charge in [-0.15, -0.1) is 0 Å². The van der Waals surface area contributed by atoms with E-state index >= 15 is 0 Å². The van der Waals surface area contributed by atoms with Crippen molar-refractivity contribution in [2.24, 2.45) is 0 Å². The average Bonchev–Trinajstić information content (AvgIpc) is 2.63. The minimum absolute atomic E-state index is 0.964. The second-order valence-electron chi connectivity index (χ2n) is 3.21. The minimum Gasteiger partial charge on any atom is -0.467 e. The Morgan fingerprint density at radius 1 is 1.42 bits per heavy atom. The zero-order valence-corrected chi connectivity index (χ0v) is 8.51. The molecule has 66 valence electrons. The lowest BCUT2D eigenvalue weighted by molar-refractivity contribution is 0.297. The van der Waals surface area contributed by atoms with Crippen LogP contribution in [0.5, 0.6) is 0 Å². The third-order valence-electron chi connectivity index (χ3n) is 2.20. The van der Waals surface area contributed by atoms with Crippen LogP contribution in [-0.2, 0) is 6.54 Å². The third-order valence-corrected chi connectivity index (χ3v) is 2.62. The quantitative estimate of drug-likeness (QED) is 0.776. The first-order chi connectivity index (χ1) is 5.84. The number of halogens is 1. The van der Waals surface area contributed by atoms with E-state index in [0.29, 0.717) is 0 Å². The van der Waals surface area contributed by atoms with Crippen LogP contribution in [0, 0.1) is 0 Å². The molecule has 12 heavy (non-hydrogen) atoms. The van der Waals surface area contributed by atoms with Crippen molar-refractivity contribution in [3.05, 3.63) is 22.6 Å². The standard InChI is InChI=1S/C9H12BrNO/c10-8-5-9(12-7-8)6-11-3-1-2-4-11/h5,7H,1-4,6H2. The lowest BCUT2D eigenvalue weighted by atomic mass is 10.4. The van der Waals surface area contributed by atoms with E-state index in [0.717, 1.165) is 16.8 Å². The zero-order valence-electron chi connectivity index (χ0n) is 6.92. The van der Waals surface area contributed by atoms with Crippen molar-refractivity contribution in [3.8, 4) is 0 Å². The van der Waals surface area contributed by atoms with Gasteiger partial charge in [-0.05, 0) is 47.9 Å². The Labute approximate surface area is 80.7 Å². The highest BCUT2D eigenvalue weighted by molar-refractivity contribution is 9.10. The largest absolute Gasteiger partial charge is 0.467 e. The van der Waals surface area contributed by atoms with Gasteiger partial charge in [0.05, 0.1) is 11.0 Å². The molecule has 0 aliphatic carbocycles. The summed E-state index contributed by atoms with van der Waals surface area (Å²) in [5, 5.41) is 0. The molecule has 0 atom stereocenters. The van der Waals surface area contributed by atoms with E-state index in [1.165, 1.54) is 25.9 Å². The topological polar surface area (TPSA) is 16.4 Å². The monoisotopic (exact) mass is 229 g/mol. The molecule has 0 aromatic carbocycles. The molecule has 0 radical (unpaired) electrons. The normalized spacial score (nSPS) is 18.8. The number of furan rings is 1. The van der Waals surface area contributed by atoms with E-state index in [-0.39, 0.29) is 0 Å². The Balaban J connectivity index is 1.94. The van der Waals surface area contributed by atoms with Crippen molar-refractivity contribution in [2.75, 3.05) is 13.1 Å². The third kappa shape index (κ3) is 1.90. The van der Waals surface area contributed by atoms with Gasteiger partial charge < -0.3 is 4.42 Å². The molecule has 1 aromatic heterocycles. The first kappa shape index (κ1) is 8.32. The maximum absolute atomic E-state index is 5.34. The maximum atomic E-state index is 5.34. The molecule has 1 aromatic rings. The number of likely N-dealkylation sites (tertiary alicyclic amines) is 1. The van der Waals surface area contributed by atoms with Crippen LogP contribution >= 0.6 is 15.9 Å². The fourth-order valence-corrected chi connectivity index (χ4v) is 1.95. The summed E-state index contributed by atoms with van der Waals surface area (Å²) in [5.41, 5.74) is 0. The molecular weight excluding hydrogens is 218 g/mol. The molecule has 3 heteroatoms. The minimum atomic E-state index is 0.964. The second kappa shape index (κ2) is 3.62. The van der Waals surface area contributed by atoms with Crippen LogP contribution in [0.2, 0.25) is 0 Å².